The number of anilines is 1. The van der Waals surface area contributed by atoms with Gasteiger partial charge in [0, 0.05) is 49.6 Å². The van der Waals surface area contributed by atoms with E-state index in [4.69, 9.17) is 4.42 Å². The predicted molar refractivity (Wildman–Crippen MR) is 166 cm³/mol. The summed E-state index contributed by atoms with van der Waals surface area (Å²) < 4.78 is 74.4. The normalized spacial score (nSPS) is 16.5. The number of halogens is 1. The highest BCUT2D eigenvalue weighted by Gasteiger charge is 2.33. The number of nitrogens with one attached hydrogen (secondary N) is 1. The summed E-state index contributed by atoms with van der Waals surface area (Å²) in [6.07, 6.45) is 3.78. The molecule has 0 radical (unpaired) electrons. The monoisotopic (exact) mass is 625 g/mol. The lowest BCUT2D eigenvalue weighted by molar-refractivity contribution is 0.0964. The van der Waals surface area contributed by atoms with Gasteiger partial charge in [-0.3, -0.25) is 9.10 Å². The molecular formula is C31H32FN3O6S2. The number of benzene rings is 3. The number of amides is 1. The van der Waals surface area contributed by atoms with Crippen LogP contribution in [0.15, 0.2) is 76.6 Å². The third kappa shape index (κ3) is 6.36. The van der Waals surface area contributed by atoms with Crippen LogP contribution in [0.1, 0.15) is 40.2 Å². The molecule has 43 heavy (non-hydrogen) atoms. The fourth-order valence-corrected chi connectivity index (χ4v) is 7.11. The Hall–Kier alpha value is -4.00. The fourth-order valence-electron chi connectivity index (χ4n) is 5.32. The average molecular weight is 626 g/mol. The van der Waals surface area contributed by atoms with Crippen LogP contribution in [0.5, 0.6) is 0 Å². The first-order chi connectivity index (χ1) is 20.4. The Balaban J connectivity index is 1.63. The van der Waals surface area contributed by atoms with Gasteiger partial charge < -0.3 is 9.73 Å². The van der Waals surface area contributed by atoms with Crippen LogP contribution in [-0.4, -0.2) is 60.5 Å². The Morgan fingerprint density at radius 2 is 1.77 bits per heavy atom. The lowest BCUT2D eigenvalue weighted by Crippen LogP contribution is -2.38. The molecule has 12 heteroatoms. The van der Waals surface area contributed by atoms with Crippen molar-refractivity contribution in [2.24, 2.45) is 0 Å². The van der Waals surface area contributed by atoms with Gasteiger partial charge in [-0.1, -0.05) is 30.3 Å². The molecule has 0 spiro atoms. The lowest BCUT2D eigenvalue weighted by Gasteiger charge is -2.33. The van der Waals surface area contributed by atoms with Gasteiger partial charge in [0.05, 0.1) is 17.5 Å². The smallest absolute Gasteiger partial charge is 0.255 e. The summed E-state index contributed by atoms with van der Waals surface area (Å²) in [6.45, 7) is 0.441. The van der Waals surface area contributed by atoms with Crippen LogP contribution in [0.25, 0.3) is 28.4 Å². The van der Waals surface area contributed by atoms with Crippen molar-refractivity contribution in [2.75, 3.05) is 37.7 Å². The Morgan fingerprint density at radius 3 is 2.42 bits per heavy atom. The van der Waals surface area contributed by atoms with Gasteiger partial charge in [-0.2, -0.15) is 4.31 Å². The van der Waals surface area contributed by atoms with Crippen molar-refractivity contribution >= 4 is 48.7 Å². The molecule has 9 nitrogen and oxygen atoms in total. The van der Waals surface area contributed by atoms with Gasteiger partial charge in [0.2, 0.25) is 20.0 Å². The van der Waals surface area contributed by atoms with E-state index in [9.17, 15) is 26.0 Å². The maximum atomic E-state index is 13.7. The molecule has 1 aliphatic rings. The minimum atomic E-state index is -3.78. The second kappa shape index (κ2) is 11.9. The van der Waals surface area contributed by atoms with Crippen LogP contribution in [-0.2, 0) is 20.0 Å². The topological polar surface area (TPSA) is 117 Å². The van der Waals surface area contributed by atoms with Gasteiger partial charge in [-0.05, 0) is 66.3 Å². The molecule has 0 aliphatic carbocycles. The molecule has 2 heterocycles. The minimum absolute atomic E-state index is 0.121. The number of hydrogen-bond acceptors (Lipinski definition) is 6. The van der Waals surface area contributed by atoms with Crippen LogP contribution in [0.3, 0.4) is 0 Å². The van der Waals surface area contributed by atoms with E-state index in [1.54, 1.807) is 18.2 Å². The number of piperidine rings is 1. The molecule has 3 aromatic carbocycles. The van der Waals surface area contributed by atoms with Crippen molar-refractivity contribution in [3.8, 4) is 11.3 Å². The number of nitrogens with zero attached hydrogens (tertiary/aromatic N) is 2. The third-order valence-corrected chi connectivity index (χ3v) is 10.4. The molecule has 0 saturated carbocycles. The highest BCUT2D eigenvalue weighted by Crippen LogP contribution is 2.42. The number of sulfonamides is 2. The summed E-state index contributed by atoms with van der Waals surface area (Å²) >= 11 is 0. The van der Waals surface area contributed by atoms with E-state index >= 15 is 0 Å². The van der Waals surface area contributed by atoms with Gasteiger partial charge in [0.1, 0.15) is 17.2 Å². The molecule has 1 N–H and O–H groups in total. The van der Waals surface area contributed by atoms with Crippen LogP contribution in [0.4, 0.5) is 10.1 Å². The Labute approximate surface area is 250 Å². The molecule has 1 fully saturated rings. The summed E-state index contributed by atoms with van der Waals surface area (Å²) in [4.78, 5) is 13.1. The van der Waals surface area contributed by atoms with E-state index in [-0.39, 0.29) is 29.4 Å². The quantitative estimate of drug-likeness (QED) is 0.289. The second-order valence-corrected chi connectivity index (χ2v) is 14.3. The second-order valence-electron chi connectivity index (χ2n) is 10.5. The molecule has 1 saturated heterocycles. The molecule has 1 amide bonds. The highest BCUT2D eigenvalue weighted by atomic mass is 32.2. The van der Waals surface area contributed by atoms with Crippen molar-refractivity contribution in [1.29, 1.82) is 0 Å². The maximum absolute atomic E-state index is 13.7. The zero-order valence-electron chi connectivity index (χ0n) is 23.9. The van der Waals surface area contributed by atoms with E-state index in [0.29, 0.717) is 41.6 Å². The summed E-state index contributed by atoms with van der Waals surface area (Å²) in [7, 11) is -4.60. The Morgan fingerprint density at radius 1 is 1.07 bits per heavy atom. The molecule has 1 aromatic heterocycles. The van der Waals surface area contributed by atoms with Crippen molar-refractivity contribution in [2.45, 2.75) is 18.8 Å². The molecular weight excluding hydrogens is 593 g/mol. The summed E-state index contributed by atoms with van der Waals surface area (Å²) in [5, 5.41) is 4.24. The van der Waals surface area contributed by atoms with Gasteiger partial charge in [0.25, 0.3) is 5.91 Å². The number of rotatable bonds is 8. The van der Waals surface area contributed by atoms with E-state index in [2.05, 4.69) is 5.32 Å². The van der Waals surface area contributed by atoms with Crippen molar-refractivity contribution in [3.63, 3.8) is 0 Å². The standard InChI is InChI=1S/C31H32FN3O6S2/c1-33-31(36)29-26-18-25(23-10-7-16-35(20-23)43(39,40)17-15-21-8-5-4-6-9-21)27(34(2)42(3,37)38)19-28(26)41-30(29)22-11-13-24(32)14-12-22/h4-6,8-9,11-15,17-19,23H,7,10,16,20H2,1-3H3,(H,33,36)/t23-/m0/s1. The number of hydrogen-bond donors (Lipinski definition) is 1. The molecule has 0 bridgehead atoms. The molecule has 0 unspecified atom stereocenters. The molecule has 1 aliphatic heterocycles. The molecule has 5 rings (SSSR count). The zero-order chi connectivity index (χ0) is 30.9. The zero-order valence-corrected chi connectivity index (χ0v) is 25.6. The largest absolute Gasteiger partial charge is 0.455 e. The van der Waals surface area contributed by atoms with Crippen LogP contribution >= 0.6 is 0 Å². The SMILES string of the molecule is CNC(=O)c1c(-c2ccc(F)cc2)oc2cc(N(C)S(C)(=O)=O)c([C@H]3CCCN(S(=O)(=O)C=Cc4ccccc4)C3)cc12. The van der Waals surface area contributed by atoms with Crippen LogP contribution in [0, 0.1) is 5.82 Å². The van der Waals surface area contributed by atoms with Crippen LogP contribution in [0.2, 0.25) is 0 Å². The van der Waals surface area contributed by atoms with Crippen molar-refractivity contribution in [1.82, 2.24) is 9.62 Å². The van der Waals surface area contributed by atoms with Gasteiger partial charge in [-0.25, -0.2) is 21.2 Å². The van der Waals surface area contributed by atoms with E-state index in [1.165, 1.54) is 48.1 Å². The van der Waals surface area contributed by atoms with Gasteiger partial charge in [0.15, 0.2) is 0 Å². The molecule has 226 valence electrons. The summed E-state index contributed by atoms with van der Waals surface area (Å²) in [5.74, 6) is -1.06. The van der Waals surface area contributed by atoms with E-state index in [1.807, 2.05) is 30.3 Å². The van der Waals surface area contributed by atoms with Gasteiger partial charge >= 0.3 is 0 Å². The number of carbonyl (C=O) groups excluding carboxylic acids is 1. The molecule has 1 atom stereocenters. The Bertz CT molecular complexity index is 1900. The number of furan rings is 1. The first-order valence-corrected chi connectivity index (χ1v) is 17.0. The van der Waals surface area contributed by atoms with Crippen molar-refractivity contribution in [3.05, 3.63) is 94.6 Å². The fraction of sp³-hybridized carbons (Fsp3) is 0.258. The summed E-state index contributed by atoms with van der Waals surface area (Å²) in [6, 6.07) is 17.9. The minimum Gasteiger partial charge on any atom is -0.455 e. The molecule has 4 aromatic rings. The predicted octanol–water partition coefficient (Wildman–Crippen LogP) is 5.17. The Kier molecular flexibility index (Phi) is 8.46. The van der Waals surface area contributed by atoms with Crippen LogP contribution < -0.4 is 9.62 Å². The lowest BCUT2D eigenvalue weighted by atomic mass is 9.89. The van der Waals surface area contributed by atoms with Gasteiger partial charge in [-0.15, -0.1) is 0 Å². The first-order valence-electron chi connectivity index (χ1n) is 13.6. The van der Waals surface area contributed by atoms with Crippen molar-refractivity contribution < 1.29 is 30.4 Å². The van der Waals surface area contributed by atoms with E-state index in [0.717, 1.165) is 16.1 Å². The average Bonchev–Trinajstić information content (AvgIpc) is 3.37. The number of carbonyl (C=O) groups is 1. The third-order valence-electron chi connectivity index (χ3n) is 7.65. The van der Waals surface area contributed by atoms with E-state index < -0.39 is 31.8 Å². The number of fused-ring (bicyclic) bond motifs is 1. The first kappa shape index (κ1) is 30.5. The summed E-state index contributed by atoms with van der Waals surface area (Å²) in [5.41, 5.74) is 2.59. The highest BCUT2D eigenvalue weighted by molar-refractivity contribution is 7.92. The maximum Gasteiger partial charge on any atom is 0.255 e.